The quantitative estimate of drug-likeness (QED) is 0.515. The monoisotopic (exact) mass is 353 g/mol. The molecule has 2 N–H and O–H groups in total. The molecule has 2 aliphatic rings. The summed E-state index contributed by atoms with van der Waals surface area (Å²) < 4.78 is 4.87. The Bertz CT molecular complexity index is 973. The minimum absolute atomic E-state index is 0.215. The second-order valence-electron chi connectivity index (χ2n) is 6.47. The van der Waals surface area contributed by atoms with Crippen LogP contribution in [0.1, 0.15) is 16.8 Å². The molecule has 5 rings (SSSR count). The molecule has 2 aromatic heterocycles. The van der Waals surface area contributed by atoms with Crippen molar-refractivity contribution in [1.82, 2.24) is 25.8 Å². The van der Waals surface area contributed by atoms with Gasteiger partial charge in [0.05, 0.1) is 17.3 Å². The Labute approximate surface area is 147 Å². The molecule has 26 heavy (non-hydrogen) atoms. The van der Waals surface area contributed by atoms with Crippen LogP contribution < -0.4 is 15.3 Å². The van der Waals surface area contributed by atoms with Crippen LogP contribution in [0, 0.1) is 0 Å². The molecule has 0 saturated carbocycles. The molecule has 2 fully saturated rings. The molecule has 2 aliphatic heterocycles. The zero-order valence-corrected chi connectivity index (χ0v) is 13.6. The number of amides is 1. The number of hydrogen-bond donors (Lipinski definition) is 2. The van der Waals surface area contributed by atoms with Crippen LogP contribution in [-0.2, 0) is 0 Å². The number of carbonyl (C=O) groups excluding carboxylic acids is 1. The van der Waals surface area contributed by atoms with Gasteiger partial charge >= 0.3 is 0 Å². The highest BCUT2D eigenvalue weighted by Gasteiger charge is 2.45. The third kappa shape index (κ3) is 2.19. The van der Waals surface area contributed by atoms with Gasteiger partial charge in [-0.2, -0.15) is 0 Å². The summed E-state index contributed by atoms with van der Waals surface area (Å²) in [6, 6.07) is 6.49. The first-order chi connectivity index (χ1) is 12.7. The molecule has 2 bridgehead atoms. The molecular formula is C16H15N7O3. The van der Waals surface area contributed by atoms with E-state index in [1.165, 1.54) is 12.4 Å². The fourth-order valence-electron chi connectivity index (χ4n) is 3.88. The van der Waals surface area contributed by atoms with Gasteiger partial charge in [0, 0.05) is 31.5 Å². The van der Waals surface area contributed by atoms with E-state index in [0.717, 1.165) is 36.2 Å². The second-order valence-corrected chi connectivity index (χ2v) is 6.47. The Morgan fingerprint density at radius 1 is 1.15 bits per heavy atom. The third-order valence-corrected chi connectivity index (χ3v) is 5.07. The number of nitrogens with zero attached hydrogens (tertiary/aromatic N) is 6. The molecule has 1 aromatic carbocycles. The molecule has 0 unspecified atom stereocenters. The third-order valence-electron chi connectivity index (χ3n) is 5.07. The van der Waals surface area contributed by atoms with Crippen molar-refractivity contribution in [2.75, 3.05) is 22.9 Å². The Kier molecular flexibility index (Phi) is 3.25. The summed E-state index contributed by atoms with van der Waals surface area (Å²) in [4.78, 5) is 24.4. The number of hydroxylamine groups is 1. The van der Waals surface area contributed by atoms with Crippen molar-refractivity contribution in [1.29, 1.82) is 0 Å². The fourth-order valence-corrected chi connectivity index (χ4v) is 3.88. The van der Waals surface area contributed by atoms with Crippen LogP contribution in [0.4, 0.5) is 11.6 Å². The first-order valence-electron chi connectivity index (χ1n) is 8.25. The number of fused-ring (bicyclic) bond motifs is 3. The van der Waals surface area contributed by atoms with Crippen molar-refractivity contribution in [3.8, 4) is 0 Å². The lowest BCUT2D eigenvalue weighted by Crippen LogP contribution is -2.47. The molecule has 0 aliphatic carbocycles. The van der Waals surface area contributed by atoms with Crippen molar-refractivity contribution in [2.24, 2.45) is 0 Å². The maximum atomic E-state index is 11.4. The Morgan fingerprint density at radius 2 is 1.92 bits per heavy atom. The van der Waals surface area contributed by atoms with Crippen LogP contribution in [0.3, 0.4) is 0 Å². The first kappa shape index (κ1) is 15.0. The van der Waals surface area contributed by atoms with Crippen molar-refractivity contribution in [3.05, 3.63) is 36.2 Å². The Morgan fingerprint density at radius 3 is 2.65 bits per heavy atom. The van der Waals surface area contributed by atoms with Crippen LogP contribution in [0.2, 0.25) is 0 Å². The number of piperazine rings is 1. The van der Waals surface area contributed by atoms with Gasteiger partial charge in [0.15, 0.2) is 5.52 Å². The number of hydrogen-bond acceptors (Lipinski definition) is 9. The van der Waals surface area contributed by atoms with Crippen LogP contribution in [-0.4, -0.2) is 56.6 Å². The average Bonchev–Trinajstić information content (AvgIpc) is 3.42. The molecule has 0 radical (unpaired) electrons. The first-order valence-corrected chi connectivity index (χ1v) is 8.25. The van der Waals surface area contributed by atoms with E-state index in [2.05, 4.69) is 30.1 Å². The predicted molar refractivity (Wildman–Crippen MR) is 90.0 cm³/mol. The summed E-state index contributed by atoms with van der Waals surface area (Å²) in [6.07, 6.45) is 3.84. The molecule has 1 amide bonds. The number of rotatable bonds is 3. The summed E-state index contributed by atoms with van der Waals surface area (Å²) in [6.45, 7) is 1.62. The molecule has 132 valence electrons. The largest absolute Gasteiger partial charge is 0.363 e. The molecule has 4 heterocycles. The van der Waals surface area contributed by atoms with Gasteiger partial charge in [-0.3, -0.25) is 10.0 Å². The average molecular weight is 353 g/mol. The maximum absolute atomic E-state index is 11.4. The van der Waals surface area contributed by atoms with Crippen LogP contribution in [0.25, 0.3) is 11.0 Å². The maximum Gasteiger partial charge on any atom is 0.277 e. The van der Waals surface area contributed by atoms with E-state index in [1.807, 2.05) is 18.2 Å². The van der Waals surface area contributed by atoms with Crippen LogP contribution >= 0.6 is 0 Å². The molecule has 2 saturated heterocycles. The van der Waals surface area contributed by atoms with Gasteiger partial charge in [-0.15, -0.1) is 0 Å². The zero-order valence-electron chi connectivity index (χ0n) is 13.6. The lowest BCUT2D eigenvalue weighted by atomic mass is 10.2. The van der Waals surface area contributed by atoms with E-state index < -0.39 is 5.91 Å². The summed E-state index contributed by atoms with van der Waals surface area (Å²) in [5.41, 5.74) is 4.36. The summed E-state index contributed by atoms with van der Waals surface area (Å²) in [7, 11) is 0. The molecule has 3 aromatic rings. The highest BCUT2D eigenvalue weighted by molar-refractivity contribution is 5.92. The summed E-state index contributed by atoms with van der Waals surface area (Å²) >= 11 is 0. The van der Waals surface area contributed by atoms with Gasteiger partial charge in [-0.1, -0.05) is 6.07 Å². The molecular weight excluding hydrogens is 338 g/mol. The molecule has 0 spiro atoms. The second kappa shape index (κ2) is 5.63. The highest BCUT2D eigenvalue weighted by Crippen LogP contribution is 2.38. The smallest absolute Gasteiger partial charge is 0.277 e. The van der Waals surface area contributed by atoms with E-state index in [4.69, 9.17) is 9.84 Å². The lowest BCUT2D eigenvalue weighted by Gasteiger charge is -2.35. The minimum Gasteiger partial charge on any atom is -0.363 e. The van der Waals surface area contributed by atoms with Gasteiger partial charge in [0.2, 0.25) is 5.95 Å². The van der Waals surface area contributed by atoms with E-state index in [0.29, 0.717) is 12.0 Å². The van der Waals surface area contributed by atoms with Gasteiger partial charge < -0.3 is 9.80 Å². The normalized spacial score (nSPS) is 21.6. The van der Waals surface area contributed by atoms with Crippen LogP contribution in [0.15, 0.2) is 35.2 Å². The van der Waals surface area contributed by atoms with E-state index >= 15 is 0 Å². The molecule has 2 atom stereocenters. The number of benzene rings is 1. The number of aromatic nitrogens is 4. The van der Waals surface area contributed by atoms with E-state index in [-0.39, 0.29) is 11.6 Å². The van der Waals surface area contributed by atoms with Crippen molar-refractivity contribution < 1.29 is 14.6 Å². The van der Waals surface area contributed by atoms with Gasteiger partial charge in [0.1, 0.15) is 5.52 Å². The van der Waals surface area contributed by atoms with E-state index in [1.54, 1.807) is 5.48 Å². The summed E-state index contributed by atoms with van der Waals surface area (Å²) in [5, 5.41) is 16.6. The lowest BCUT2D eigenvalue weighted by molar-refractivity contribution is 0.0705. The standard InChI is InChI=1S/C16H15N7O3/c24-15(19-25)9-5-17-16(18-6-9)23-8-10-4-11(23)7-22(10)13-3-1-2-12-14(13)21-26-20-12/h1-3,5-6,10-11,25H,4,7-8H2,(H,19,24)/t10-,11-/m1/s1. The predicted octanol–water partition coefficient (Wildman–Crippen LogP) is 0.599. The zero-order chi connectivity index (χ0) is 17.7. The SMILES string of the molecule is O=C(NO)c1cnc(N2C[C@H]3C[C@@H]2CN3c2cccc3nonc23)nc1. The van der Waals surface area contributed by atoms with Crippen molar-refractivity contribution >= 4 is 28.6 Å². The number of anilines is 2. The van der Waals surface area contributed by atoms with Crippen molar-refractivity contribution in [3.63, 3.8) is 0 Å². The fraction of sp³-hybridized carbons (Fsp3) is 0.312. The van der Waals surface area contributed by atoms with Crippen molar-refractivity contribution in [2.45, 2.75) is 18.5 Å². The highest BCUT2D eigenvalue weighted by atomic mass is 16.6. The Hall–Kier alpha value is -3.27. The van der Waals surface area contributed by atoms with Gasteiger partial charge in [-0.05, 0) is 28.9 Å². The molecule has 10 heteroatoms. The van der Waals surface area contributed by atoms with Gasteiger partial charge in [-0.25, -0.2) is 20.1 Å². The minimum atomic E-state index is -0.625. The number of nitrogens with one attached hydrogen (secondary N) is 1. The van der Waals surface area contributed by atoms with Crippen LogP contribution in [0.5, 0.6) is 0 Å². The molecule has 10 nitrogen and oxygen atoms in total. The topological polar surface area (TPSA) is 121 Å². The van der Waals surface area contributed by atoms with Gasteiger partial charge in [0.25, 0.3) is 5.91 Å². The Balaban J connectivity index is 1.37. The van der Waals surface area contributed by atoms with E-state index in [9.17, 15) is 4.79 Å². The summed E-state index contributed by atoms with van der Waals surface area (Å²) in [5.74, 6) is -0.0343. The number of carbonyl (C=O) groups is 1.